The van der Waals surface area contributed by atoms with Crippen molar-refractivity contribution >= 4 is 16.8 Å². The maximum Gasteiger partial charge on any atom is 0.258 e. The smallest absolute Gasteiger partial charge is 0.258 e. The van der Waals surface area contributed by atoms with Crippen LogP contribution in [-0.4, -0.2) is 17.5 Å². The largest absolute Gasteiger partial charge is 0.484 e. The van der Waals surface area contributed by atoms with Crippen LogP contribution in [0.3, 0.4) is 0 Å². The first-order valence-electron chi connectivity index (χ1n) is 8.10. The second kappa shape index (κ2) is 7.21. The molecule has 0 unspecified atom stereocenters. The van der Waals surface area contributed by atoms with E-state index in [0.717, 1.165) is 22.0 Å². The number of carbonyl (C=O) groups excluding carboxylic acids is 1. The third kappa shape index (κ3) is 4.26. The number of aryl methyl sites for hydroxylation is 2. The molecule has 0 spiro atoms. The number of rotatable bonds is 5. The molecular weight excluding hydrogens is 316 g/mol. The van der Waals surface area contributed by atoms with E-state index >= 15 is 0 Å². The van der Waals surface area contributed by atoms with E-state index in [0.29, 0.717) is 17.9 Å². The Kier molecular flexibility index (Phi) is 4.84. The van der Waals surface area contributed by atoms with E-state index in [-0.39, 0.29) is 18.1 Å². The highest BCUT2D eigenvalue weighted by atomic mass is 16.5. The van der Waals surface area contributed by atoms with Crippen LogP contribution in [0.25, 0.3) is 10.9 Å². The van der Waals surface area contributed by atoms with E-state index in [9.17, 15) is 9.59 Å². The number of fused-ring (bicyclic) bond motifs is 1. The lowest BCUT2D eigenvalue weighted by atomic mass is 10.1. The van der Waals surface area contributed by atoms with Crippen molar-refractivity contribution < 1.29 is 9.53 Å². The zero-order valence-corrected chi connectivity index (χ0v) is 14.3. The molecule has 3 aromatic rings. The molecule has 0 bridgehead atoms. The first kappa shape index (κ1) is 16.8. The summed E-state index contributed by atoms with van der Waals surface area (Å²) in [6, 6.07) is 15.1. The SMILES string of the molecule is Cc1cccc(OCC(=O)NCc2ccc3[nH]c(=O)c(C)cc3c2)c1. The second-order valence-corrected chi connectivity index (χ2v) is 6.08. The summed E-state index contributed by atoms with van der Waals surface area (Å²) in [7, 11) is 0. The van der Waals surface area contributed by atoms with Crippen LogP contribution in [0.15, 0.2) is 53.3 Å². The molecule has 0 saturated carbocycles. The molecule has 5 heteroatoms. The van der Waals surface area contributed by atoms with Crippen LogP contribution in [0, 0.1) is 13.8 Å². The normalized spacial score (nSPS) is 10.6. The predicted molar refractivity (Wildman–Crippen MR) is 97.8 cm³/mol. The van der Waals surface area contributed by atoms with Gasteiger partial charge in [0.2, 0.25) is 0 Å². The molecule has 2 aromatic carbocycles. The molecule has 1 amide bonds. The molecule has 0 aliphatic heterocycles. The quantitative estimate of drug-likeness (QED) is 0.752. The molecule has 25 heavy (non-hydrogen) atoms. The number of aromatic amines is 1. The van der Waals surface area contributed by atoms with Crippen LogP contribution in [0.4, 0.5) is 0 Å². The van der Waals surface area contributed by atoms with E-state index in [2.05, 4.69) is 10.3 Å². The summed E-state index contributed by atoms with van der Waals surface area (Å²) in [6.07, 6.45) is 0. The minimum atomic E-state index is -0.181. The predicted octanol–water partition coefficient (Wildman–Crippen LogP) is 2.84. The molecule has 1 heterocycles. The summed E-state index contributed by atoms with van der Waals surface area (Å²) in [5, 5.41) is 3.78. The maximum absolute atomic E-state index is 12.0. The van der Waals surface area contributed by atoms with Gasteiger partial charge in [0, 0.05) is 17.6 Å². The van der Waals surface area contributed by atoms with Gasteiger partial charge >= 0.3 is 0 Å². The molecule has 0 radical (unpaired) electrons. The van der Waals surface area contributed by atoms with Crippen LogP contribution in [0.1, 0.15) is 16.7 Å². The maximum atomic E-state index is 12.0. The molecule has 0 aliphatic carbocycles. The Morgan fingerprint density at radius 1 is 1.12 bits per heavy atom. The fourth-order valence-electron chi connectivity index (χ4n) is 2.58. The van der Waals surface area contributed by atoms with E-state index in [4.69, 9.17) is 4.74 Å². The summed E-state index contributed by atoms with van der Waals surface area (Å²) in [4.78, 5) is 26.4. The van der Waals surface area contributed by atoms with Crippen molar-refractivity contribution in [2.75, 3.05) is 6.61 Å². The molecule has 3 rings (SSSR count). The van der Waals surface area contributed by atoms with Gasteiger partial charge in [0.25, 0.3) is 11.5 Å². The number of amides is 1. The highest BCUT2D eigenvalue weighted by molar-refractivity contribution is 5.80. The first-order chi connectivity index (χ1) is 12.0. The number of hydrogen-bond acceptors (Lipinski definition) is 3. The number of carbonyl (C=O) groups is 1. The molecule has 0 aliphatic rings. The monoisotopic (exact) mass is 336 g/mol. The third-order valence-corrected chi connectivity index (χ3v) is 3.94. The second-order valence-electron chi connectivity index (χ2n) is 6.08. The van der Waals surface area contributed by atoms with Crippen LogP contribution in [-0.2, 0) is 11.3 Å². The zero-order chi connectivity index (χ0) is 17.8. The van der Waals surface area contributed by atoms with Crippen molar-refractivity contribution in [3.63, 3.8) is 0 Å². The van der Waals surface area contributed by atoms with E-state index in [1.807, 2.05) is 55.5 Å². The fourth-order valence-corrected chi connectivity index (χ4v) is 2.58. The number of benzene rings is 2. The van der Waals surface area contributed by atoms with Crippen LogP contribution in [0.2, 0.25) is 0 Å². The Morgan fingerprint density at radius 2 is 1.96 bits per heavy atom. The van der Waals surface area contributed by atoms with Gasteiger partial charge in [-0.05, 0) is 60.7 Å². The number of nitrogens with one attached hydrogen (secondary N) is 2. The van der Waals surface area contributed by atoms with Gasteiger partial charge < -0.3 is 15.0 Å². The number of H-pyrrole nitrogens is 1. The summed E-state index contributed by atoms with van der Waals surface area (Å²) in [5.41, 5.74) is 3.42. The minimum Gasteiger partial charge on any atom is -0.484 e. The van der Waals surface area contributed by atoms with Gasteiger partial charge in [0.15, 0.2) is 6.61 Å². The summed E-state index contributed by atoms with van der Waals surface area (Å²) >= 11 is 0. The molecule has 128 valence electrons. The average Bonchev–Trinajstić information content (AvgIpc) is 2.59. The highest BCUT2D eigenvalue weighted by Gasteiger charge is 2.05. The van der Waals surface area contributed by atoms with Crippen LogP contribution >= 0.6 is 0 Å². The van der Waals surface area contributed by atoms with Crippen molar-refractivity contribution in [1.82, 2.24) is 10.3 Å². The summed E-state index contributed by atoms with van der Waals surface area (Å²) in [5.74, 6) is 0.500. The Bertz CT molecular complexity index is 976. The Morgan fingerprint density at radius 3 is 2.76 bits per heavy atom. The van der Waals surface area contributed by atoms with E-state index in [1.165, 1.54) is 0 Å². The molecular formula is C20H20N2O3. The van der Waals surface area contributed by atoms with Gasteiger partial charge in [-0.25, -0.2) is 0 Å². The molecule has 2 N–H and O–H groups in total. The molecule has 0 fully saturated rings. The lowest BCUT2D eigenvalue weighted by Gasteiger charge is -2.09. The molecule has 5 nitrogen and oxygen atoms in total. The minimum absolute atomic E-state index is 0.0243. The zero-order valence-electron chi connectivity index (χ0n) is 14.3. The van der Waals surface area contributed by atoms with Gasteiger partial charge in [-0.3, -0.25) is 9.59 Å². The van der Waals surface area contributed by atoms with E-state index in [1.54, 1.807) is 6.92 Å². The lowest BCUT2D eigenvalue weighted by Crippen LogP contribution is -2.28. The van der Waals surface area contributed by atoms with Crippen molar-refractivity contribution in [3.05, 3.63) is 75.6 Å². The highest BCUT2D eigenvalue weighted by Crippen LogP contribution is 2.14. The van der Waals surface area contributed by atoms with Crippen LogP contribution in [0.5, 0.6) is 5.75 Å². The number of hydrogen-bond donors (Lipinski definition) is 2. The third-order valence-electron chi connectivity index (χ3n) is 3.94. The van der Waals surface area contributed by atoms with Crippen molar-refractivity contribution in [2.45, 2.75) is 20.4 Å². The van der Waals surface area contributed by atoms with Crippen molar-refractivity contribution in [1.29, 1.82) is 0 Å². The number of ether oxygens (including phenoxy) is 1. The number of pyridine rings is 1. The van der Waals surface area contributed by atoms with E-state index < -0.39 is 0 Å². The average molecular weight is 336 g/mol. The van der Waals surface area contributed by atoms with Gasteiger partial charge in [-0.15, -0.1) is 0 Å². The van der Waals surface area contributed by atoms with Gasteiger partial charge in [-0.2, -0.15) is 0 Å². The first-order valence-corrected chi connectivity index (χ1v) is 8.10. The fraction of sp³-hybridized carbons (Fsp3) is 0.200. The topological polar surface area (TPSA) is 71.2 Å². The summed E-state index contributed by atoms with van der Waals surface area (Å²) < 4.78 is 5.48. The molecule has 0 atom stereocenters. The Balaban J connectivity index is 1.59. The van der Waals surface area contributed by atoms with Crippen LogP contribution < -0.4 is 15.6 Å². The van der Waals surface area contributed by atoms with Gasteiger partial charge in [-0.1, -0.05) is 18.2 Å². The standard InChI is InChI=1S/C20H20N2O3/c1-13-4-3-5-17(8-13)25-12-19(23)21-11-15-6-7-18-16(10-15)9-14(2)20(24)22-18/h3-10H,11-12H2,1-2H3,(H,21,23)(H,22,24). The summed E-state index contributed by atoms with van der Waals surface area (Å²) in [6.45, 7) is 4.13. The van der Waals surface area contributed by atoms with Gasteiger partial charge in [0.05, 0.1) is 0 Å². The van der Waals surface area contributed by atoms with Crippen molar-refractivity contribution in [2.24, 2.45) is 0 Å². The van der Waals surface area contributed by atoms with Crippen molar-refractivity contribution in [3.8, 4) is 5.75 Å². The Labute approximate surface area is 145 Å². The molecule has 0 saturated heterocycles. The Hall–Kier alpha value is -3.08. The number of aromatic nitrogens is 1. The lowest BCUT2D eigenvalue weighted by molar-refractivity contribution is -0.123. The van der Waals surface area contributed by atoms with Gasteiger partial charge in [0.1, 0.15) is 5.75 Å². The molecule has 1 aromatic heterocycles.